The van der Waals surface area contributed by atoms with E-state index in [-0.39, 0.29) is 18.5 Å². The van der Waals surface area contributed by atoms with Gasteiger partial charge in [-0.3, -0.25) is 4.79 Å². The Bertz CT molecular complexity index is 346. The lowest BCUT2D eigenvalue weighted by Crippen LogP contribution is -2.50. The van der Waals surface area contributed by atoms with E-state index in [0.717, 1.165) is 6.42 Å². The number of amides is 2. The minimum atomic E-state index is -0.831. The summed E-state index contributed by atoms with van der Waals surface area (Å²) in [4.78, 5) is 24.6. The number of carboxylic acid groups (broad SMARTS) is 1. The summed E-state index contributed by atoms with van der Waals surface area (Å²) in [6.07, 6.45) is 3.20. The summed E-state index contributed by atoms with van der Waals surface area (Å²) in [5.74, 6) is -1.09. The van der Waals surface area contributed by atoms with Crippen molar-refractivity contribution >= 4 is 12.0 Å². The van der Waals surface area contributed by atoms with Crippen molar-refractivity contribution in [2.45, 2.75) is 19.8 Å². The second-order valence-corrected chi connectivity index (χ2v) is 5.20. The predicted molar refractivity (Wildman–Crippen MR) is 75.5 cm³/mol. The maximum Gasteiger partial charge on any atom is 0.317 e. The molecule has 1 aliphatic rings. The van der Waals surface area contributed by atoms with Crippen LogP contribution < -0.4 is 5.32 Å². The van der Waals surface area contributed by atoms with Gasteiger partial charge in [0.25, 0.3) is 0 Å². The van der Waals surface area contributed by atoms with Crippen LogP contribution in [0.25, 0.3) is 0 Å². The van der Waals surface area contributed by atoms with Gasteiger partial charge in [0.1, 0.15) is 0 Å². The quantitative estimate of drug-likeness (QED) is 0.546. The highest BCUT2D eigenvalue weighted by Crippen LogP contribution is 2.21. The average Bonchev–Trinajstić information content (AvgIpc) is 2.41. The summed E-state index contributed by atoms with van der Waals surface area (Å²) in [7, 11) is 0. The molecule has 2 amide bonds. The lowest BCUT2D eigenvalue weighted by Gasteiger charge is -2.34. The summed E-state index contributed by atoms with van der Waals surface area (Å²) in [5, 5.41) is 11.8. The van der Waals surface area contributed by atoms with Gasteiger partial charge in [-0.15, -0.1) is 6.58 Å². The van der Waals surface area contributed by atoms with Crippen molar-refractivity contribution < 1.29 is 19.4 Å². The number of hydrogen-bond donors (Lipinski definition) is 2. The molecule has 0 spiro atoms. The molecule has 1 aliphatic heterocycles. The van der Waals surface area contributed by atoms with E-state index < -0.39 is 11.9 Å². The first kappa shape index (κ1) is 16.5. The van der Waals surface area contributed by atoms with Crippen LogP contribution >= 0.6 is 0 Å². The summed E-state index contributed by atoms with van der Waals surface area (Å²) >= 11 is 0. The fourth-order valence-electron chi connectivity index (χ4n) is 2.31. The molecule has 1 fully saturated rings. The fraction of sp³-hybridized carbons (Fsp3) is 0.714. The molecule has 6 heteroatoms. The van der Waals surface area contributed by atoms with Gasteiger partial charge in [-0.05, 0) is 18.8 Å². The molecule has 2 N–H and O–H groups in total. The highest BCUT2D eigenvalue weighted by Gasteiger charge is 2.31. The molecule has 1 rings (SSSR count). The van der Waals surface area contributed by atoms with Crippen molar-refractivity contribution in [1.82, 2.24) is 10.2 Å². The van der Waals surface area contributed by atoms with Crippen LogP contribution in [0, 0.1) is 11.8 Å². The number of hydrogen-bond acceptors (Lipinski definition) is 3. The lowest BCUT2D eigenvalue weighted by atomic mass is 9.91. The Kier molecular flexibility index (Phi) is 7.08. The van der Waals surface area contributed by atoms with E-state index in [4.69, 9.17) is 9.84 Å². The monoisotopic (exact) mass is 284 g/mol. The first-order valence-electron chi connectivity index (χ1n) is 6.98. The Morgan fingerprint density at radius 2 is 2.20 bits per heavy atom. The summed E-state index contributed by atoms with van der Waals surface area (Å²) in [6.45, 7) is 7.92. The van der Waals surface area contributed by atoms with Gasteiger partial charge in [0.05, 0.1) is 19.1 Å². The van der Waals surface area contributed by atoms with E-state index in [9.17, 15) is 9.59 Å². The fourth-order valence-corrected chi connectivity index (χ4v) is 2.31. The normalized spacial score (nSPS) is 22.4. The highest BCUT2D eigenvalue weighted by atomic mass is 16.5. The molecule has 0 radical (unpaired) electrons. The van der Waals surface area contributed by atoms with Gasteiger partial charge in [0.15, 0.2) is 0 Å². The van der Waals surface area contributed by atoms with Gasteiger partial charge >= 0.3 is 12.0 Å². The minimum Gasteiger partial charge on any atom is -0.481 e. The number of carbonyl (C=O) groups excluding carboxylic acids is 1. The Morgan fingerprint density at radius 3 is 2.85 bits per heavy atom. The number of aliphatic carboxylic acids is 1. The van der Waals surface area contributed by atoms with Gasteiger partial charge < -0.3 is 20.1 Å². The molecular formula is C14H24N2O4. The largest absolute Gasteiger partial charge is 0.481 e. The van der Waals surface area contributed by atoms with E-state index in [0.29, 0.717) is 32.7 Å². The van der Waals surface area contributed by atoms with Gasteiger partial charge in [-0.2, -0.15) is 0 Å². The number of urea groups is 1. The van der Waals surface area contributed by atoms with Gasteiger partial charge in [0, 0.05) is 19.6 Å². The first-order chi connectivity index (χ1) is 9.54. The molecule has 0 aromatic heterocycles. The molecule has 0 saturated carbocycles. The molecule has 1 saturated heterocycles. The number of nitrogens with zero attached hydrogens (tertiary/aromatic N) is 1. The third-order valence-electron chi connectivity index (χ3n) is 3.29. The van der Waals surface area contributed by atoms with E-state index in [1.165, 1.54) is 0 Å². The van der Waals surface area contributed by atoms with Crippen molar-refractivity contribution in [1.29, 1.82) is 0 Å². The lowest BCUT2D eigenvalue weighted by molar-refractivity contribution is -0.143. The number of carboxylic acids is 1. The number of nitrogens with one attached hydrogen (secondary N) is 1. The molecule has 114 valence electrons. The minimum absolute atomic E-state index is 0.208. The van der Waals surface area contributed by atoms with E-state index >= 15 is 0 Å². The molecule has 0 aliphatic carbocycles. The first-order valence-corrected chi connectivity index (χ1v) is 6.98. The van der Waals surface area contributed by atoms with Crippen molar-refractivity contribution in [2.24, 2.45) is 11.8 Å². The molecule has 1 heterocycles. The zero-order chi connectivity index (χ0) is 15.0. The maximum atomic E-state index is 12.0. The van der Waals surface area contributed by atoms with Gasteiger partial charge in [-0.1, -0.05) is 13.0 Å². The molecule has 20 heavy (non-hydrogen) atoms. The zero-order valence-corrected chi connectivity index (χ0v) is 12.0. The molecule has 2 unspecified atom stereocenters. The van der Waals surface area contributed by atoms with Crippen LogP contribution in [0.15, 0.2) is 12.7 Å². The van der Waals surface area contributed by atoms with E-state index in [1.807, 2.05) is 6.92 Å². The van der Waals surface area contributed by atoms with Crippen LogP contribution in [0.5, 0.6) is 0 Å². The molecule has 0 aromatic carbocycles. The Balaban J connectivity index is 2.27. The van der Waals surface area contributed by atoms with Crippen LogP contribution in [0.2, 0.25) is 0 Å². The second kappa shape index (κ2) is 8.58. The van der Waals surface area contributed by atoms with Crippen LogP contribution in [0.3, 0.4) is 0 Å². The van der Waals surface area contributed by atoms with Crippen molar-refractivity contribution in [3.05, 3.63) is 12.7 Å². The third kappa shape index (κ3) is 5.61. The Morgan fingerprint density at radius 1 is 1.45 bits per heavy atom. The molecule has 6 nitrogen and oxygen atoms in total. The van der Waals surface area contributed by atoms with Crippen LogP contribution in [0.1, 0.15) is 19.8 Å². The van der Waals surface area contributed by atoms with Gasteiger partial charge in [-0.25, -0.2) is 4.79 Å². The van der Waals surface area contributed by atoms with Crippen LogP contribution in [-0.4, -0.2) is 54.9 Å². The zero-order valence-electron chi connectivity index (χ0n) is 12.0. The number of rotatable bonds is 7. The van der Waals surface area contributed by atoms with E-state index in [1.54, 1.807) is 11.0 Å². The van der Waals surface area contributed by atoms with Crippen molar-refractivity contribution in [3.8, 4) is 0 Å². The topological polar surface area (TPSA) is 78.9 Å². The van der Waals surface area contributed by atoms with Crippen molar-refractivity contribution in [3.63, 3.8) is 0 Å². The Hall–Kier alpha value is -1.56. The summed E-state index contributed by atoms with van der Waals surface area (Å²) in [6, 6.07) is -0.213. The molecule has 0 aromatic rings. The number of likely N-dealkylation sites (tertiary alicyclic amines) is 1. The summed E-state index contributed by atoms with van der Waals surface area (Å²) < 4.78 is 5.29. The molecule has 2 atom stereocenters. The molecular weight excluding hydrogens is 260 g/mol. The van der Waals surface area contributed by atoms with Crippen molar-refractivity contribution in [2.75, 3.05) is 32.8 Å². The van der Waals surface area contributed by atoms with Gasteiger partial charge in [0.2, 0.25) is 0 Å². The SMILES string of the molecule is C=CCCOCCNC(=O)N1CC(C)CC(C(=O)O)C1. The second-order valence-electron chi connectivity index (χ2n) is 5.20. The van der Waals surface area contributed by atoms with Crippen LogP contribution in [-0.2, 0) is 9.53 Å². The average molecular weight is 284 g/mol. The predicted octanol–water partition coefficient (Wildman–Crippen LogP) is 1.33. The summed E-state index contributed by atoms with van der Waals surface area (Å²) in [5.41, 5.74) is 0. The third-order valence-corrected chi connectivity index (χ3v) is 3.29. The van der Waals surface area contributed by atoms with E-state index in [2.05, 4.69) is 11.9 Å². The molecule has 0 bridgehead atoms. The highest BCUT2D eigenvalue weighted by molar-refractivity contribution is 5.76. The standard InChI is InChI=1S/C14H24N2O4/c1-3-4-6-20-7-5-15-14(19)16-9-11(2)8-12(10-16)13(17)18/h3,11-12H,1,4-10H2,2H3,(H,15,19)(H,17,18). The number of carbonyl (C=O) groups is 2. The maximum absolute atomic E-state index is 12.0. The number of ether oxygens (including phenoxy) is 1. The smallest absolute Gasteiger partial charge is 0.317 e. The van der Waals surface area contributed by atoms with Crippen LogP contribution in [0.4, 0.5) is 4.79 Å². The Labute approximate surface area is 119 Å². The number of piperidine rings is 1.